The van der Waals surface area contributed by atoms with Crippen molar-refractivity contribution < 1.29 is 40.7 Å². The minimum Gasteiger partial charge on any atom is -0.448 e. The van der Waals surface area contributed by atoms with Gasteiger partial charge >= 0.3 is 12.1 Å². The molecule has 3 rings (SSSR count). The van der Waals surface area contributed by atoms with E-state index in [4.69, 9.17) is 4.74 Å². The predicted octanol–water partition coefficient (Wildman–Crippen LogP) is 1.74. The SMILES string of the molecule is C[C@@H](OC(=O)C1=NN([C@@H]2CCS(=O)(=O)C2)C(=O)CC1)C(=O)Nc1ccc(C(F)(F)F)cc1. The summed E-state index contributed by atoms with van der Waals surface area (Å²) in [6.45, 7) is 1.27. The molecule has 0 bridgehead atoms. The van der Waals surface area contributed by atoms with Crippen LogP contribution in [0.5, 0.6) is 0 Å². The average molecular weight is 475 g/mol. The first-order valence-corrected chi connectivity index (χ1v) is 11.5. The molecular formula is C19H20F3N3O6S. The van der Waals surface area contributed by atoms with Crippen LogP contribution in [0, 0.1) is 0 Å². The Hall–Kier alpha value is -2.96. The smallest absolute Gasteiger partial charge is 0.416 e. The molecule has 2 atom stereocenters. The first-order chi connectivity index (χ1) is 14.9. The van der Waals surface area contributed by atoms with Gasteiger partial charge in [-0.15, -0.1) is 0 Å². The second-order valence-corrected chi connectivity index (χ2v) is 9.68. The Bertz CT molecular complexity index is 1050. The van der Waals surface area contributed by atoms with Crippen LogP contribution in [-0.4, -0.2) is 60.6 Å². The molecule has 174 valence electrons. The molecular weight excluding hydrogens is 455 g/mol. The number of esters is 1. The zero-order chi connectivity index (χ0) is 23.7. The lowest BCUT2D eigenvalue weighted by Crippen LogP contribution is -2.42. The second kappa shape index (κ2) is 8.88. The minimum absolute atomic E-state index is 0.0269. The Morgan fingerprint density at radius 3 is 2.44 bits per heavy atom. The number of anilines is 1. The summed E-state index contributed by atoms with van der Waals surface area (Å²) in [6, 6.07) is 3.09. The number of benzene rings is 1. The van der Waals surface area contributed by atoms with Gasteiger partial charge in [-0.25, -0.2) is 18.2 Å². The standard InChI is InChI=1S/C19H20F3N3O6S/c1-11(17(27)23-13-4-2-12(3-5-13)19(20,21)22)31-18(28)15-6-7-16(26)25(24-15)14-8-9-32(29,30)10-14/h2-5,11,14H,6-10H2,1H3,(H,23,27)/t11-,14-/m1/s1. The van der Waals surface area contributed by atoms with Gasteiger partial charge in [-0.2, -0.15) is 18.3 Å². The van der Waals surface area contributed by atoms with Crippen molar-refractivity contribution in [3.63, 3.8) is 0 Å². The van der Waals surface area contributed by atoms with E-state index in [1.807, 2.05) is 0 Å². The van der Waals surface area contributed by atoms with E-state index in [9.17, 15) is 36.0 Å². The summed E-state index contributed by atoms with van der Waals surface area (Å²) in [7, 11) is -3.27. The number of ether oxygens (including phenoxy) is 1. The molecule has 0 spiro atoms. The fourth-order valence-corrected chi connectivity index (χ4v) is 4.93. The largest absolute Gasteiger partial charge is 0.448 e. The molecule has 1 aromatic rings. The van der Waals surface area contributed by atoms with Crippen LogP contribution in [0.15, 0.2) is 29.4 Å². The Morgan fingerprint density at radius 1 is 1.22 bits per heavy atom. The van der Waals surface area contributed by atoms with Gasteiger partial charge in [-0.05, 0) is 37.6 Å². The Morgan fingerprint density at radius 2 is 1.88 bits per heavy atom. The van der Waals surface area contributed by atoms with Crippen LogP contribution in [-0.2, 0) is 35.1 Å². The number of hydrogen-bond acceptors (Lipinski definition) is 7. The summed E-state index contributed by atoms with van der Waals surface area (Å²) in [5.41, 5.74) is -0.914. The van der Waals surface area contributed by atoms with E-state index in [1.165, 1.54) is 6.92 Å². The van der Waals surface area contributed by atoms with Crippen LogP contribution in [0.25, 0.3) is 0 Å². The number of hydrogen-bond donors (Lipinski definition) is 1. The maximum absolute atomic E-state index is 12.6. The van der Waals surface area contributed by atoms with Gasteiger partial charge in [0.25, 0.3) is 5.91 Å². The molecule has 13 heteroatoms. The highest BCUT2D eigenvalue weighted by molar-refractivity contribution is 7.91. The summed E-state index contributed by atoms with van der Waals surface area (Å²) in [4.78, 5) is 36.7. The molecule has 2 amide bonds. The van der Waals surface area contributed by atoms with Gasteiger partial charge in [0.15, 0.2) is 15.9 Å². The fourth-order valence-electron chi connectivity index (χ4n) is 3.24. The van der Waals surface area contributed by atoms with E-state index < -0.39 is 51.5 Å². The number of sulfone groups is 1. The van der Waals surface area contributed by atoms with Gasteiger partial charge in [0.2, 0.25) is 5.91 Å². The highest BCUT2D eigenvalue weighted by atomic mass is 32.2. The van der Waals surface area contributed by atoms with Crippen molar-refractivity contribution >= 4 is 39.0 Å². The highest BCUT2D eigenvalue weighted by Crippen LogP contribution is 2.30. The zero-order valence-electron chi connectivity index (χ0n) is 16.9. The molecule has 1 saturated heterocycles. The highest BCUT2D eigenvalue weighted by Gasteiger charge is 2.38. The number of amides is 2. The number of nitrogens with one attached hydrogen (secondary N) is 1. The van der Waals surface area contributed by atoms with Crippen LogP contribution >= 0.6 is 0 Å². The van der Waals surface area contributed by atoms with E-state index >= 15 is 0 Å². The van der Waals surface area contributed by atoms with Gasteiger partial charge in [0, 0.05) is 18.5 Å². The molecule has 1 N–H and O–H groups in total. The topological polar surface area (TPSA) is 122 Å². The molecule has 9 nitrogen and oxygen atoms in total. The van der Waals surface area contributed by atoms with E-state index in [2.05, 4.69) is 10.4 Å². The van der Waals surface area contributed by atoms with Crippen molar-refractivity contribution in [1.82, 2.24) is 5.01 Å². The molecule has 0 saturated carbocycles. The molecule has 0 aromatic heterocycles. The number of nitrogens with zero attached hydrogens (tertiary/aromatic N) is 2. The minimum atomic E-state index is -4.51. The predicted molar refractivity (Wildman–Crippen MR) is 106 cm³/mol. The summed E-state index contributed by atoms with van der Waals surface area (Å²) in [5, 5.41) is 7.30. The van der Waals surface area contributed by atoms with E-state index in [0.29, 0.717) is 0 Å². The van der Waals surface area contributed by atoms with Crippen LogP contribution in [0.3, 0.4) is 0 Å². The first kappa shape index (κ1) is 23.7. The van der Waals surface area contributed by atoms with Crippen molar-refractivity contribution in [2.24, 2.45) is 5.10 Å². The van der Waals surface area contributed by atoms with Crippen LogP contribution in [0.4, 0.5) is 18.9 Å². The van der Waals surface area contributed by atoms with Gasteiger partial charge in [0.1, 0.15) is 5.71 Å². The third-order valence-corrected chi connectivity index (χ3v) is 6.73. The average Bonchev–Trinajstić information content (AvgIpc) is 3.07. The van der Waals surface area contributed by atoms with Crippen molar-refractivity contribution in [1.29, 1.82) is 0 Å². The number of carbonyl (C=O) groups is 3. The Balaban J connectivity index is 1.61. The molecule has 2 aliphatic rings. The monoisotopic (exact) mass is 475 g/mol. The van der Waals surface area contributed by atoms with Crippen LogP contribution < -0.4 is 5.32 Å². The number of halogens is 3. The lowest BCUT2D eigenvalue weighted by molar-refractivity contribution is -0.147. The lowest BCUT2D eigenvalue weighted by atomic mass is 10.1. The molecule has 1 fully saturated rings. The molecule has 0 aliphatic carbocycles. The van der Waals surface area contributed by atoms with Crippen LogP contribution in [0.1, 0.15) is 31.7 Å². The number of hydrazone groups is 1. The Labute approximate surface area is 181 Å². The number of carbonyl (C=O) groups excluding carboxylic acids is 3. The maximum Gasteiger partial charge on any atom is 0.416 e. The van der Waals surface area contributed by atoms with Gasteiger partial charge in [-0.3, -0.25) is 9.59 Å². The quantitative estimate of drug-likeness (QED) is 0.648. The van der Waals surface area contributed by atoms with E-state index in [1.54, 1.807) is 0 Å². The number of alkyl halides is 3. The number of rotatable bonds is 5. The third-order valence-electron chi connectivity index (χ3n) is 4.98. The van der Waals surface area contributed by atoms with Crippen molar-refractivity contribution in [2.75, 3.05) is 16.8 Å². The van der Waals surface area contributed by atoms with Crippen LogP contribution in [0.2, 0.25) is 0 Å². The Kier molecular flexibility index (Phi) is 6.58. The molecule has 1 aromatic carbocycles. The second-order valence-electron chi connectivity index (χ2n) is 7.45. The summed E-state index contributed by atoms with van der Waals surface area (Å²) in [6.07, 6.45) is -5.68. The van der Waals surface area contributed by atoms with Crippen molar-refractivity contribution in [3.8, 4) is 0 Å². The third kappa shape index (κ3) is 5.64. The van der Waals surface area contributed by atoms with Gasteiger partial charge in [-0.1, -0.05) is 0 Å². The fraction of sp³-hybridized carbons (Fsp3) is 0.474. The van der Waals surface area contributed by atoms with Gasteiger partial charge in [0.05, 0.1) is 23.1 Å². The molecule has 2 aliphatic heterocycles. The van der Waals surface area contributed by atoms with E-state index in [-0.39, 0.29) is 42.2 Å². The van der Waals surface area contributed by atoms with Gasteiger partial charge < -0.3 is 10.1 Å². The molecule has 2 heterocycles. The molecule has 32 heavy (non-hydrogen) atoms. The van der Waals surface area contributed by atoms with E-state index in [0.717, 1.165) is 29.3 Å². The van der Waals surface area contributed by atoms with Crippen molar-refractivity contribution in [3.05, 3.63) is 29.8 Å². The lowest BCUT2D eigenvalue weighted by Gasteiger charge is -2.27. The first-order valence-electron chi connectivity index (χ1n) is 9.65. The summed E-state index contributed by atoms with van der Waals surface area (Å²) in [5.74, 6) is -2.44. The molecule has 0 unspecified atom stereocenters. The summed E-state index contributed by atoms with van der Waals surface area (Å²) < 4.78 is 66.2. The maximum atomic E-state index is 12.6. The van der Waals surface area contributed by atoms with Crippen molar-refractivity contribution in [2.45, 2.75) is 44.5 Å². The normalized spacial score (nSPS) is 21.6. The zero-order valence-corrected chi connectivity index (χ0v) is 17.7. The molecule has 0 radical (unpaired) electrons. The summed E-state index contributed by atoms with van der Waals surface area (Å²) >= 11 is 0.